The monoisotopic (exact) mass is 469 g/mol. The first-order chi connectivity index (χ1) is 17.1. The highest BCUT2D eigenvalue weighted by Gasteiger charge is 2.20. The van der Waals surface area contributed by atoms with Crippen LogP contribution >= 0.6 is 0 Å². The summed E-state index contributed by atoms with van der Waals surface area (Å²) < 4.78 is 5.52. The molecule has 5 rings (SSSR count). The molecule has 0 bridgehead atoms. The summed E-state index contributed by atoms with van der Waals surface area (Å²) >= 11 is 0. The van der Waals surface area contributed by atoms with Crippen molar-refractivity contribution in [1.82, 2.24) is 35.2 Å². The molecule has 0 radical (unpaired) electrons. The van der Waals surface area contributed by atoms with Gasteiger partial charge in [0.25, 0.3) is 0 Å². The van der Waals surface area contributed by atoms with E-state index in [1.807, 2.05) is 25.1 Å². The molecule has 1 saturated heterocycles. The van der Waals surface area contributed by atoms with Gasteiger partial charge in [-0.05, 0) is 56.3 Å². The minimum Gasteiger partial charge on any atom is -0.457 e. The highest BCUT2D eigenvalue weighted by molar-refractivity contribution is 5.90. The summed E-state index contributed by atoms with van der Waals surface area (Å²) in [7, 11) is 0. The molecule has 0 amide bonds. The van der Waals surface area contributed by atoms with Crippen LogP contribution in [0.3, 0.4) is 0 Å². The quantitative estimate of drug-likeness (QED) is 0.344. The van der Waals surface area contributed by atoms with Crippen molar-refractivity contribution in [2.24, 2.45) is 0 Å². The van der Waals surface area contributed by atoms with Crippen LogP contribution in [0, 0.1) is 6.92 Å². The predicted octanol–water partition coefficient (Wildman–Crippen LogP) is 3.04. The van der Waals surface area contributed by atoms with Crippen molar-refractivity contribution in [2.75, 3.05) is 23.7 Å². The van der Waals surface area contributed by atoms with E-state index in [1.54, 1.807) is 36.7 Å². The summed E-state index contributed by atoms with van der Waals surface area (Å²) in [5.74, 6) is 1.94. The van der Waals surface area contributed by atoms with Crippen LogP contribution in [0.15, 0.2) is 61.1 Å². The highest BCUT2D eigenvalue weighted by Crippen LogP contribution is 2.19. The van der Waals surface area contributed by atoms with E-state index in [2.05, 4.69) is 45.9 Å². The number of carbonyl (C=O) groups excluding carboxylic acids is 1. The maximum absolute atomic E-state index is 12.4. The average Bonchev–Trinajstić information content (AvgIpc) is 3.38. The number of nitrogens with zero attached hydrogens (tertiary/aromatic N) is 6. The third-order valence-electron chi connectivity index (χ3n) is 5.21. The fraction of sp³-hybridized carbons (Fsp3) is 0.208. The van der Waals surface area contributed by atoms with Crippen LogP contribution in [-0.2, 0) is 4.74 Å². The van der Waals surface area contributed by atoms with Gasteiger partial charge in [-0.15, -0.1) is 0 Å². The number of rotatable bonds is 7. The summed E-state index contributed by atoms with van der Waals surface area (Å²) in [5.41, 5.74) is 1.98. The molecule has 1 aliphatic rings. The highest BCUT2D eigenvalue weighted by atomic mass is 16.5. The van der Waals surface area contributed by atoms with Crippen molar-refractivity contribution in [1.29, 1.82) is 0 Å². The molecule has 5 heterocycles. The molecule has 0 saturated carbocycles. The van der Waals surface area contributed by atoms with E-state index in [9.17, 15) is 4.79 Å². The van der Waals surface area contributed by atoms with Crippen LogP contribution in [0.2, 0.25) is 0 Å². The van der Waals surface area contributed by atoms with Crippen molar-refractivity contribution in [3.63, 3.8) is 0 Å². The number of ether oxygens (including phenoxy) is 1. The summed E-state index contributed by atoms with van der Waals surface area (Å²) in [6.07, 6.45) is 5.50. The Balaban J connectivity index is 1.28. The van der Waals surface area contributed by atoms with Crippen molar-refractivity contribution < 1.29 is 9.53 Å². The third-order valence-corrected chi connectivity index (χ3v) is 5.21. The Morgan fingerprint density at radius 3 is 2.60 bits per heavy atom. The van der Waals surface area contributed by atoms with E-state index in [0.29, 0.717) is 47.0 Å². The number of carbonyl (C=O) groups is 1. The van der Waals surface area contributed by atoms with Crippen molar-refractivity contribution in [3.8, 4) is 11.5 Å². The fourth-order valence-corrected chi connectivity index (χ4v) is 3.53. The van der Waals surface area contributed by atoms with Gasteiger partial charge < -0.3 is 20.7 Å². The average molecular weight is 470 g/mol. The van der Waals surface area contributed by atoms with Crippen LogP contribution in [0.5, 0.6) is 0 Å². The second kappa shape index (κ2) is 10.2. The second-order valence-corrected chi connectivity index (χ2v) is 7.90. The van der Waals surface area contributed by atoms with Gasteiger partial charge in [-0.25, -0.2) is 29.7 Å². The van der Waals surface area contributed by atoms with Gasteiger partial charge in [0.15, 0.2) is 5.82 Å². The Bertz CT molecular complexity index is 1340. The van der Waals surface area contributed by atoms with Gasteiger partial charge in [0, 0.05) is 30.8 Å². The summed E-state index contributed by atoms with van der Waals surface area (Å²) in [6.45, 7) is 3.44. The van der Waals surface area contributed by atoms with E-state index in [-0.39, 0.29) is 12.1 Å². The van der Waals surface area contributed by atoms with Crippen LogP contribution in [0.1, 0.15) is 22.5 Å². The van der Waals surface area contributed by atoms with E-state index in [1.165, 1.54) is 6.20 Å². The normalized spacial score (nSPS) is 14.9. The Morgan fingerprint density at radius 2 is 1.77 bits per heavy atom. The zero-order valence-electron chi connectivity index (χ0n) is 19.0. The lowest BCUT2D eigenvalue weighted by molar-refractivity contribution is 0.0344. The standard InChI is InChI=1S/C24H23N9O2/c1-15-3-2-4-18(29-15)22-27-11-7-19(31-22)30-20-8-12-28-24(32-20)33-21-13-16(5-10-26-21)23(34)35-17-6-9-25-14-17/h2-5,7-8,10-13,17,25H,6,9,14H2,1H3,(H2,26,27,28,30,31,32,33)/t17-/m1/s1. The topological polar surface area (TPSA) is 140 Å². The summed E-state index contributed by atoms with van der Waals surface area (Å²) in [5, 5.41) is 9.35. The van der Waals surface area contributed by atoms with Crippen LogP contribution < -0.4 is 16.0 Å². The molecule has 176 valence electrons. The molecule has 3 N–H and O–H groups in total. The number of esters is 1. The first-order valence-corrected chi connectivity index (χ1v) is 11.1. The van der Waals surface area contributed by atoms with Gasteiger partial charge in [-0.3, -0.25) is 0 Å². The largest absolute Gasteiger partial charge is 0.457 e. The molecule has 4 aromatic heterocycles. The molecule has 0 aromatic carbocycles. The zero-order chi connectivity index (χ0) is 24.0. The lowest BCUT2D eigenvalue weighted by atomic mass is 10.2. The first kappa shape index (κ1) is 22.3. The number of pyridine rings is 2. The van der Waals surface area contributed by atoms with Gasteiger partial charge in [-0.1, -0.05) is 6.07 Å². The summed E-state index contributed by atoms with van der Waals surface area (Å²) in [6, 6.07) is 12.4. The lowest BCUT2D eigenvalue weighted by Gasteiger charge is -2.11. The number of hydrogen-bond acceptors (Lipinski definition) is 11. The molecule has 35 heavy (non-hydrogen) atoms. The van der Waals surface area contributed by atoms with E-state index in [4.69, 9.17) is 4.74 Å². The molecule has 0 unspecified atom stereocenters. The molecule has 1 atom stereocenters. The smallest absolute Gasteiger partial charge is 0.338 e. The fourth-order valence-electron chi connectivity index (χ4n) is 3.53. The minimum atomic E-state index is -0.386. The molecule has 11 heteroatoms. The SMILES string of the molecule is Cc1cccc(-c2nccc(Nc3ccnc(Nc4cc(C(=O)O[C@@H]5CCNC5)ccn4)n3)n2)n1. The summed E-state index contributed by atoms with van der Waals surface area (Å²) in [4.78, 5) is 38.7. The second-order valence-electron chi connectivity index (χ2n) is 7.90. The number of hydrogen-bond donors (Lipinski definition) is 3. The van der Waals surface area contributed by atoms with Crippen molar-refractivity contribution >= 4 is 29.4 Å². The third kappa shape index (κ3) is 5.71. The maximum Gasteiger partial charge on any atom is 0.338 e. The van der Waals surface area contributed by atoms with Crippen LogP contribution in [0.4, 0.5) is 23.4 Å². The van der Waals surface area contributed by atoms with Crippen LogP contribution in [-0.4, -0.2) is 55.1 Å². The van der Waals surface area contributed by atoms with Gasteiger partial charge in [0.2, 0.25) is 5.95 Å². The van der Waals surface area contributed by atoms with Gasteiger partial charge in [0.1, 0.15) is 29.3 Å². The van der Waals surface area contributed by atoms with E-state index >= 15 is 0 Å². The molecule has 0 aliphatic carbocycles. The van der Waals surface area contributed by atoms with E-state index in [0.717, 1.165) is 18.7 Å². The molecule has 11 nitrogen and oxygen atoms in total. The predicted molar refractivity (Wildman–Crippen MR) is 130 cm³/mol. The first-order valence-electron chi connectivity index (χ1n) is 11.1. The molecular weight excluding hydrogens is 446 g/mol. The Morgan fingerprint density at radius 1 is 0.943 bits per heavy atom. The van der Waals surface area contributed by atoms with Crippen molar-refractivity contribution in [3.05, 3.63) is 72.3 Å². The van der Waals surface area contributed by atoms with Crippen molar-refractivity contribution in [2.45, 2.75) is 19.4 Å². The van der Waals surface area contributed by atoms with Gasteiger partial charge in [-0.2, -0.15) is 4.98 Å². The molecule has 4 aromatic rings. The van der Waals surface area contributed by atoms with Gasteiger partial charge in [0.05, 0.1) is 5.56 Å². The van der Waals surface area contributed by atoms with E-state index < -0.39 is 0 Å². The Hall–Kier alpha value is -4.51. The number of aromatic nitrogens is 6. The number of aryl methyl sites for hydroxylation is 1. The molecule has 0 spiro atoms. The number of anilines is 4. The number of nitrogens with one attached hydrogen (secondary N) is 3. The maximum atomic E-state index is 12.4. The molecule has 1 aliphatic heterocycles. The molecule has 1 fully saturated rings. The molecular formula is C24H23N9O2. The Labute approximate surface area is 201 Å². The lowest BCUT2D eigenvalue weighted by Crippen LogP contribution is -2.21. The Kier molecular flexibility index (Phi) is 6.48. The zero-order valence-corrected chi connectivity index (χ0v) is 19.0. The minimum absolute atomic E-state index is 0.109. The van der Waals surface area contributed by atoms with Crippen LogP contribution in [0.25, 0.3) is 11.5 Å². The van der Waals surface area contributed by atoms with Gasteiger partial charge >= 0.3 is 5.97 Å².